The molecule has 1 aliphatic heterocycles. The Bertz CT molecular complexity index is 1770. The number of carboxylic acid groups (broad SMARTS) is 1. The molecule has 0 spiro atoms. The van der Waals surface area contributed by atoms with Gasteiger partial charge in [0, 0.05) is 29.8 Å². The lowest BCUT2D eigenvalue weighted by Gasteiger charge is -2.47. The fourth-order valence-electron chi connectivity index (χ4n) is 4.98. The number of aromatic nitrogens is 2. The molecule has 1 aromatic heterocycles. The minimum absolute atomic E-state index is 0.0693. The first-order valence-electron chi connectivity index (χ1n) is 15.1. The van der Waals surface area contributed by atoms with Gasteiger partial charge in [0.15, 0.2) is 8.02 Å². The number of hydrogen-bond donors (Lipinski definition) is 5. The van der Waals surface area contributed by atoms with E-state index in [1.807, 2.05) is 0 Å². The molecule has 5 rings (SSSR count). The number of anilines is 1. The zero-order valence-corrected chi connectivity index (χ0v) is 26.0. The number of benzene rings is 3. The van der Waals surface area contributed by atoms with Crippen molar-refractivity contribution in [1.29, 1.82) is 0 Å². The Hall–Kier alpha value is -5.28. The highest BCUT2D eigenvalue weighted by Gasteiger charge is 2.49. The van der Waals surface area contributed by atoms with Crippen LogP contribution in [0.1, 0.15) is 29.0 Å². The first-order chi connectivity index (χ1) is 23.5. The normalized spacial score (nSPS) is 17.1. The lowest BCUT2D eigenvalue weighted by molar-refractivity contribution is -0.141. The maximum Gasteiger partial charge on any atom is 0.326 e. The summed E-state index contributed by atoms with van der Waals surface area (Å²) >= 11 is 1.23. The summed E-state index contributed by atoms with van der Waals surface area (Å²) in [7, 11) is 0. The van der Waals surface area contributed by atoms with Crippen molar-refractivity contribution in [3.05, 3.63) is 114 Å². The Morgan fingerprint density at radius 1 is 1.02 bits per heavy atom. The summed E-state index contributed by atoms with van der Waals surface area (Å²) in [5, 5.41) is 22.1. The number of aliphatic hydroxyl groups excluding tert-OH is 1. The van der Waals surface area contributed by atoms with Gasteiger partial charge in [-0.3, -0.25) is 14.4 Å². The quantitative estimate of drug-likeness (QED) is 0.118. The Morgan fingerprint density at radius 2 is 1.69 bits per heavy atom. The second kappa shape index (κ2) is 15.5. The van der Waals surface area contributed by atoms with Gasteiger partial charge in [-0.15, -0.1) is 11.8 Å². The van der Waals surface area contributed by atoms with Gasteiger partial charge < -0.3 is 35.5 Å². The van der Waals surface area contributed by atoms with E-state index in [9.17, 15) is 38.2 Å². The van der Waals surface area contributed by atoms with Crippen molar-refractivity contribution in [3.8, 4) is 5.75 Å². The number of amides is 3. The van der Waals surface area contributed by atoms with E-state index in [-0.39, 0.29) is 23.8 Å². The smallest absolute Gasteiger partial charge is 0.326 e. The van der Waals surface area contributed by atoms with Crippen LogP contribution in [-0.4, -0.2) is 74.1 Å². The van der Waals surface area contributed by atoms with Gasteiger partial charge in [0.25, 0.3) is 5.91 Å². The van der Waals surface area contributed by atoms with Crippen molar-refractivity contribution < 1.29 is 44.3 Å². The maximum absolute atomic E-state index is 13.6. The van der Waals surface area contributed by atoms with Gasteiger partial charge in [-0.05, 0) is 59.7 Å². The molecule has 4 atom stereocenters. The van der Waals surface area contributed by atoms with Crippen LogP contribution >= 0.6 is 11.8 Å². The zero-order chi connectivity index (χ0) is 35.1. The van der Waals surface area contributed by atoms with Gasteiger partial charge in [0.05, 0.1) is 25.0 Å². The number of hydrogen-bond acceptors (Lipinski definition) is 8. The van der Waals surface area contributed by atoms with E-state index < -0.39 is 66.0 Å². The molecule has 4 aromatic rings. The fourth-order valence-corrected chi connectivity index (χ4v) is 6.28. The molecule has 12 nitrogen and oxygen atoms in total. The predicted molar refractivity (Wildman–Crippen MR) is 171 cm³/mol. The Kier molecular flexibility index (Phi) is 10.6. The van der Waals surface area contributed by atoms with Crippen molar-refractivity contribution >= 4 is 41.1 Å². The highest BCUT2D eigenvalue weighted by atomic mass is 32.2. The van der Waals surface area contributed by atoms with Crippen molar-refractivity contribution in [3.63, 3.8) is 0 Å². The lowest BCUT2D eigenvalue weighted by Crippen LogP contribution is -2.57. The molecule has 250 valence electrons. The number of imidazole rings is 1. The molecule has 1 aliphatic rings. The first-order valence-corrected chi connectivity index (χ1v) is 15.7. The molecule has 2 heterocycles. The van der Waals surface area contributed by atoms with Crippen LogP contribution in [0, 0.1) is 11.6 Å². The largest absolute Gasteiger partial charge is 0.484 e. The molecular formula is C33H31F2N5O7S. The molecule has 48 heavy (non-hydrogen) atoms. The first kappa shape index (κ1) is 32.7. The van der Waals surface area contributed by atoms with Gasteiger partial charge in [-0.2, -0.15) is 0 Å². The molecule has 0 radical (unpaired) electrons. The molecule has 3 amide bonds. The number of β-lactam (4-membered cyclic amide) rings is 1. The van der Waals surface area contributed by atoms with Crippen LogP contribution in [0.5, 0.6) is 5.75 Å². The molecule has 1 unspecified atom stereocenters. The van der Waals surface area contributed by atoms with E-state index in [0.29, 0.717) is 27.8 Å². The number of carboxylic acids is 1. The third-order valence-corrected chi connectivity index (χ3v) is 8.76. The highest BCUT2D eigenvalue weighted by molar-refractivity contribution is 8.00. The van der Waals surface area contributed by atoms with E-state index in [2.05, 4.69) is 15.3 Å². The van der Waals surface area contributed by atoms with Gasteiger partial charge in [-0.25, -0.2) is 18.6 Å². The van der Waals surface area contributed by atoms with Crippen LogP contribution in [0.15, 0.2) is 85.3 Å². The number of aliphatic hydroxyl groups is 1. The topological polar surface area (TPSA) is 174 Å². The number of halogens is 2. The Balaban J connectivity index is 1.19. The van der Waals surface area contributed by atoms with Crippen LogP contribution < -0.4 is 20.3 Å². The molecule has 0 aliphatic carbocycles. The Morgan fingerprint density at radius 3 is 2.31 bits per heavy atom. The van der Waals surface area contributed by atoms with Crippen molar-refractivity contribution in [2.24, 2.45) is 0 Å². The number of carbonyl (C=O) groups is 4. The fraction of sp³-hybridized carbons (Fsp3) is 0.242. The van der Waals surface area contributed by atoms with Gasteiger partial charge in [0.1, 0.15) is 28.7 Å². The predicted octanol–water partition coefficient (Wildman–Crippen LogP) is 2.92. The van der Waals surface area contributed by atoms with Crippen molar-refractivity contribution in [2.45, 2.75) is 29.9 Å². The van der Waals surface area contributed by atoms with Gasteiger partial charge >= 0.3 is 5.97 Å². The minimum Gasteiger partial charge on any atom is -0.484 e. The third kappa shape index (κ3) is 8.54. The number of aromatic amines is 1. The third-order valence-electron chi connectivity index (χ3n) is 7.43. The van der Waals surface area contributed by atoms with E-state index in [1.165, 1.54) is 77.7 Å². The summed E-state index contributed by atoms with van der Waals surface area (Å²) in [4.78, 5) is 57.7. The monoisotopic (exact) mass is 680 g/mol. The van der Waals surface area contributed by atoms with E-state index in [0.717, 1.165) is 0 Å². The number of H-pyrrole nitrogens is 1. The average molecular weight is 681 g/mol. The SMILES string of the molecule is [2H]N(CC(=O)N[C@@H](Cc1cnc[nH]1)C(=O)O)C(=O)COc1ccc([C@@H]2[C@@H](SCC(O)c3ccc(F)cc3)C(=O)N2c2ccc(F)cc2)cc1. The number of aliphatic carboxylic acids is 1. The molecule has 0 bridgehead atoms. The molecule has 1 saturated heterocycles. The number of nitrogens with one attached hydrogen (secondary N) is 3. The molecule has 1 fully saturated rings. The zero-order valence-electron chi connectivity index (χ0n) is 26.2. The molecule has 0 saturated carbocycles. The summed E-state index contributed by atoms with van der Waals surface area (Å²) in [5.41, 5.74) is 2.16. The number of carbonyl (C=O) groups excluding carboxylic acids is 3. The number of nitrogens with zero attached hydrogens (tertiary/aromatic N) is 2. The van der Waals surface area contributed by atoms with E-state index >= 15 is 0 Å². The molecule has 3 aromatic carbocycles. The van der Waals surface area contributed by atoms with E-state index in [1.54, 1.807) is 24.3 Å². The second-order valence-corrected chi connectivity index (χ2v) is 11.9. The number of ether oxygens (including phenoxy) is 1. The van der Waals surface area contributed by atoms with Crippen LogP contribution in [-0.2, 0) is 25.6 Å². The summed E-state index contributed by atoms with van der Waals surface area (Å²) in [6.07, 6.45) is 1.77. The minimum atomic E-state index is -1.30. The number of rotatable bonds is 15. The molecule has 5 N–H and O–H groups in total. The van der Waals surface area contributed by atoms with Gasteiger partial charge in [-0.1, -0.05) is 24.3 Å². The summed E-state index contributed by atoms with van der Waals surface area (Å²) in [6, 6.07) is 15.6. The Labute approximate surface area is 279 Å². The van der Waals surface area contributed by atoms with Crippen molar-refractivity contribution in [1.82, 2.24) is 20.6 Å². The van der Waals surface area contributed by atoms with Gasteiger partial charge in [0.2, 0.25) is 11.8 Å². The van der Waals surface area contributed by atoms with Crippen LogP contribution in [0.2, 0.25) is 1.41 Å². The summed E-state index contributed by atoms with van der Waals surface area (Å²) in [5.74, 6) is -3.72. The van der Waals surface area contributed by atoms with Crippen LogP contribution in [0.3, 0.4) is 0 Å². The highest BCUT2D eigenvalue weighted by Crippen LogP contribution is 2.46. The standard InChI is InChI=1S/C33H31F2N5O7S/c34-21-5-1-19(2-6-21)27(41)17-48-31-30(40(32(31)44)24-9-7-22(35)8-10-24)20-3-11-25(12-4-20)47-16-29(43)37-15-28(42)39-26(33(45)46)13-23-14-36-18-38-23/h1-12,14,18,26-27,30-31,41H,13,15-17H2,(H,36,38)(H,37,43)(H,39,42)(H,45,46)/t26-,27?,30+,31+/m0/s1/i/hD. The van der Waals surface area contributed by atoms with Crippen LogP contribution in [0.4, 0.5) is 14.5 Å². The van der Waals surface area contributed by atoms with Crippen LogP contribution in [0.25, 0.3) is 0 Å². The molecular weight excluding hydrogens is 648 g/mol. The molecule has 15 heteroatoms. The average Bonchev–Trinajstić information content (AvgIpc) is 3.60. The summed E-state index contributed by atoms with van der Waals surface area (Å²) < 4.78 is 40.4. The van der Waals surface area contributed by atoms with E-state index in [4.69, 9.17) is 6.15 Å². The maximum atomic E-state index is 13.6. The second-order valence-electron chi connectivity index (χ2n) is 10.8. The van der Waals surface area contributed by atoms with Crippen molar-refractivity contribution in [2.75, 3.05) is 23.8 Å². The lowest BCUT2D eigenvalue weighted by atomic mass is 9.92. The number of thioether (sulfide) groups is 1. The summed E-state index contributed by atoms with van der Waals surface area (Å²) in [6.45, 7) is -1.31.